The maximum atomic E-state index is 10.0. The van der Waals surface area contributed by atoms with Gasteiger partial charge in [-0.2, -0.15) is 0 Å². The van der Waals surface area contributed by atoms with Gasteiger partial charge in [0.25, 0.3) is 0 Å². The van der Waals surface area contributed by atoms with E-state index in [4.69, 9.17) is 5.84 Å². The summed E-state index contributed by atoms with van der Waals surface area (Å²) >= 11 is 0. The highest BCUT2D eigenvalue weighted by molar-refractivity contribution is 5.46. The molecule has 0 aliphatic heterocycles. The molecule has 0 aliphatic rings. The lowest BCUT2D eigenvalue weighted by molar-refractivity contribution is 0.0636. The number of nitrogens with two attached hydrogens (primary N) is 1. The van der Waals surface area contributed by atoms with E-state index in [1.807, 2.05) is 6.92 Å². The van der Waals surface area contributed by atoms with E-state index in [0.29, 0.717) is 24.0 Å². The first-order chi connectivity index (χ1) is 7.96. The molecule has 0 fully saturated rings. The van der Waals surface area contributed by atoms with E-state index in [1.54, 1.807) is 19.9 Å². The summed E-state index contributed by atoms with van der Waals surface area (Å²) in [6, 6.07) is 1.70. The number of nitrogens with zero attached hydrogens (tertiary/aromatic N) is 2. The van der Waals surface area contributed by atoms with Gasteiger partial charge in [-0.3, -0.25) is 0 Å². The lowest BCUT2D eigenvalue weighted by atomic mass is 10.0. The number of aryl methyl sites for hydroxylation is 1. The Bertz CT molecular complexity index is 367. The topological polar surface area (TPSA) is 96.1 Å². The Kier molecular flexibility index (Phi) is 4.65. The van der Waals surface area contributed by atoms with Crippen LogP contribution in [0, 0.1) is 6.92 Å². The third-order valence-corrected chi connectivity index (χ3v) is 2.42. The van der Waals surface area contributed by atoms with Crippen molar-refractivity contribution in [1.82, 2.24) is 9.97 Å². The second-order valence-corrected chi connectivity index (χ2v) is 4.43. The maximum absolute atomic E-state index is 10.0. The lowest BCUT2D eigenvalue weighted by Crippen LogP contribution is -2.33. The van der Waals surface area contributed by atoms with Crippen LogP contribution in [0.4, 0.5) is 11.6 Å². The molecule has 0 saturated carbocycles. The van der Waals surface area contributed by atoms with Crippen LogP contribution in [0.1, 0.15) is 32.5 Å². The van der Waals surface area contributed by atoms with Crippen LogP contribution in [0.25, 0.3) is 0 Å². The highest BCUT2D eigenvalue weighted by atomic mass is 16.3. The minimum atomic E-state index is -0.732. The Labute approximate surface area is 102 Å². The van der Waals surface area contributed by atoms with E-state index in [9.17, 15) is 5.11 Å². The van der Waals surface area contributed by atoms with E-state index in [0.717, 1.165) is 12.8 Å². The van der Waals surface area contributed by atoms with Gasteiger partial charge >= 0.3 is 0 Å². The quantitative estimate of drug-likeness (QED) is 0.437. The van der Waals surface area contributed by atoms with E-state index < -0.39 is 5.60 Å². The SMILES string of the molecule is CCCC(C)(O)CNc1cc(NN)nc(C)n1. The van der Waals surface area contributed by atoms with Crippen LogP contribution in [0.3, 0.4) is 0 Å². The Morgan fingerprint density at radius 2 is 2.06 bits per heavy atom. The zero-order valence-electron chi connectivity index (χ0n) is 10.6. The number of nitrogen functional groups attached to an aromatic ring is 1. The molecule has 1 rings (SSSR count). The van der Waals surface area contributed by atoms with E-state index in [-0.39, 0.29) is 0 Å². The van der Waals surface area contributed by atoms with Crippen molar-refractivity contribution < 1.29 is 5.11 Å². The number of hydrazine groups is 1. The Balaban J connectivity index is 2.65. The first-order valence-electron chi connectivity index (χ1n) is 5.75. The molecule has 0 bridgehead atoms. The number of aliphatic hydroxyl groups is 1. The average Bonchev–Trinajstić information content (AvgIpc) is 2.26. The fourth-order valence-corrected chi connectivity index (χ4v) is 1.64. The highest BCUT2D eigenvalue weighted by Crippen LogP contribution is 2.15. The van der Waals surface area contributed by atoms with Gasteiger partial charge in [-0.25, -0.2) is 15.8 Å². The molecule has 0 radical (unpaired) electrons. The monoisotopic (exact) mass is 239 g/mol. The molecular formula is C11H21N5O. The van der Waals surface area contributed by atoms with Crippen molar-refractivity contribution in [3.63, 3.8) is 0 Å². The van der Waals surface area contributed by atoms with Gasteiger partial charge < -0.3 is 15.8 Å². The summed E-state index contributed by atoms with van der Waals surface area (Å²) < 4.78 is 0. The van der Waals surface area contributed by atoms with Gasteiger partial charge in [0.1, 0.15) is 17.5 Å². The van der Waals surface area contributed by atoms with Crippen LogP contribution in [-0.2, 0) is 0 Å². The number of hydrogen-bond acceptors (Lipinski definition) is 6. The van der Waals surface area contributed by atoms with E-state index in [1.165, 1.54) is 0 Å². The summed E-state index contributed by atoms with van der Waals surface area (Å²) in [7, 11) is 0. The van der Waals surface area contributed by atoms with Crippen molar-refractivity contribution in [1.29, 1.82) is 0 Å². The van der Waals surface area contributed by atoms with Crippen LogP contribution in [0.5, 0.6) is 0 Å². The van der Waals surface area contributed by atoms with E-state index in [2.05, 4.69) is 20.7 Å². The van der Waals surface area contributed by atoms with Gasteiger partial charge in [-0.05, 0) is 20.3 Å². The summed E-state index contributed by atoms with van der Waals surface area (Å²) in [5.41, 5.74) is 1.74. The molecule has 96 valence electrons. The molecule has 6 nitrogen and oxygen atoms in total. The van der Waals surface area contributed by atoms with Crippen LogP contribution in [0.2, 0.25) is 0 Å². The molecular weight excluding hydrogens is 218 g/mol. The molecule has 1 unspecified atom stereocenters. The van der Waals surface area contributed by atoms with Gasteiger partial charge in [-0.15, -0.1) is 0 Å². The minimum absolute atomic E-state index is 0.446. The van der Waals surface area contributed by atoms with Crippen LogP contribution < -0.4 is 16.6 Å². The van der Waals surface area contributed by atoms with Crippen LogP contribution >= 0.6 is 0 Å². The van der Waals surface area contributed by atoms with Crippen LogP contribution in [-0.4, -0.2) is 27.2 Å². The van der Waals surface area contributed by atoms with Crippen molar-refractivity contribution in [2.75, 3.05) is 17.3 Å². The molecule has 0 aliphatic carbocycles. The van der Waals surface area contributed by atoms with Crippen molar-refractivity contribution in [3.05, 3.63) is 11.9 Å². The molecule has 0 aromatic carbocycles. The fourth-order valence-electron chi connectivity index (χ4n) is 1.64. The zero-order valence-corrected chi connectivity index (χ0v) is 10.6. The molecule has 1 aromatic heterocycles. The van der Waals surface area contributed by atoms with Crippen LogP contribution in [0.15, 0.2) is 6.07 Å². The second-order valence-electron chi connectivity index (χ2n) is 4.43. The molecule has 1 aromatic rings. The standard InChI is InChI=1S/C11H21N5O/c1-4-5-11(3,17)7-13-9-6-10(16-12)15-8(2)14-9/h6,17H,4-5,7,12H2,1-3H3,(H2,13,14,15,16). The van der Waals surface area contributed by atoms with Crippen molar-refractivity contribution >= 4 is 11.6 Å². The first kappa shape index (κ1) is 13.7. The summed E-state index contributed by atoms with van der Waals surface area (Å²) in [4.78, 5) is 8.30. The van der Waals surface area contributed by atoms with E-state index >= 15 is 0 Å². The van der Waals surface area contributed by atoms with Crippen molar-refractivity contribution in [2.24, 2.45) is 5.84 Å². The lowest BCUT2D eigenvalue weighted by Gasteiger charge is -2.23. The predicted octanol–water partition coefficient (Wildman–Crippen LogP) is 1.03. The molecule has 17 heavy (non-hydrogen) atoms. The molecule has 1 atom stereocenters. The third-order valence-electron chi connectivity index (χ3n) is 2.42. The molecule has 1 heterocycles. The number of anilines is 2. The molecule has 5 N–H and O–H groups in total. The smallest absolute Gasteiger partial charge is 0.145 e. The molecule has 6 heteroatoms. The minimum Gasteiger partial charge on any atom is -0.388 e. The second kappa shape index (κ2) is 5.79. The number of hydrogen-bond donors (Lipinski definition) is 4. The molecule has 0 amide bonds. The average molecular weight is 239 g/mol. The number of nitrogens with one attached hydrogen (secondary N) is 2. The normalized spacial score (nSPS) is 14.2. The van der Waals surface area contributed by atoms with Crippen molar-refractivity contribution in [2.45, 2.75) is 39.2 Å². The number of rotatable bonds is 6. The van der Waals surface area contributed by atoms with Gasteiger partial charge in [-0.1, -0.05) is 13.3 Å². The summed E-state index contributed by atoms with van der Waals surface area (Å²) in [6.45, 7) is 6.08. The summed E-state index contributed by atoms with van der Waals surface area (Å²) in [5, 5.41) is 13.1. The Morgan fingerprint density at radius 1 is 1.41 bits per heavy atom. The van der Waals surface area contributed by atoms with Gasteiger partial charge in [0.15, 0.2) is 0 Å². The summed E-state index contributed by atoms with van der Waals surface area (Å²) in [5.74, 6) is 7.13. The Morgan fingerprint density at radius 3 is 2.65 bits per heavy atom. The maximum Gasteiger partial charge on any atom is 0.145 e. The largest absolute Gasteiger partial charge is 0.388 e. The molecule has 0 saturated heterocycles. The molecule has 0 spiro atoms. The van der Waals surface area contributed by atoms with Gasteiger partial charge in [0.2, 0.25) is 0 Å². The highest BCUT2D eigenvalue weighted by Gasteiger charge is 2.18. The third kappa shape index (κ3) is 4.54. The first-order valence-corrected chi connectivity index (χ1v) is 5.75. The van der Waals surface area contributed by atoms with Gasteiger partial charge in [0, 0.05) is 12.6 Å². The number of aromatic nitrogens is 2. The predicted molar refractivity (Wildman–Crippen MR) is 68.6 cm³/mol. The Hall–Kier alpha value is -1.40. The summed E-state index contributed by atoms with van der Waals surface area (Å²) in [6.07, 6.45) is 1.68. The van der Waals surface area contributed by atoms with Gasteiger partial charge in [0.05, 0.1) is 5.60 Å². The van der Waals surface area contributed by atoms with Crippen molar-refractivity contribution in [3.8, 4) is 0 Å². The fraction of sp³-hybridized carbons (Fsp3) is 0.636. The zero-order chi connectivity index (χ0) is 12.9.